The Balaban J connectivity index is 2.61. The second-order valence-corrected chi connectivity index (χ2v) is 3.28. The molecule has 0 aromatic heterocycles. The van der Waals surface area contributed by atoms with E-state index in [1.165, 1.54) is 12.2 Å². The molecule has 1 rings (SSSR count). The average Bonchev–Trinajstić information content (AvgIpc) is 2.07. The van der Waals surface area contributed by atoms with Gasteiger partial charge in [0, 0.05) is 12.7 Å². The first kappa shape index (κ1) is 8.77. The number of hydrogen-bond donors (Lipinski definition) is 1. The third kappa shape index (κ3) is 2.65. The molecule has 0 atom stereocenters. The van der Waals surface area contributed by atoms with Crippen LogP contribution in [0.3, 0.4) is 0 Å². The van der Waals surface area contributed by atoms with Crippen LogP contribution in [0.4, 0.5) is 5.69 Å². The van der Waals surface area contributed by atoms with Crippen molar-refractivity contribution >= 4 is 30.8 Å². The van der Waals surface area contributed by atoms with Crippen LogP contribution >= 0.6 is 25.1 Å². The van der Waals surface area contributed by atoms with E-state index in [1.807, 2.05) is 41.7 Å². The summed E-state index contributed by atoms with van der Waals surface area (Å²) in [4.78, 5) is 0. The zero-order valence-electron chi connectivity index (χ0n) is 6.10. The SMILES string of the molecule is CN(SOS)c1ccccc1. The van der Waals surface area contributed by atoms with Crippen LogP contribution < -0.4 is 4.31 Å². The van der Waals surface area contributed by atoms with E-state index in [1.54, 1.807) is 0 Å². The summed E-state index contributed by atoms with van der Waals surface area (Å²) in [5, 5.41) is 0. The molecule has 0 amide bonds. The number of para-hydroxylation sites is 1. The molecule has 11 heavy (non-hydrogen) atoms. The number of thiol groups is 1. The number of rotatable bonds is 3. The van der Waals surface area contributed by atoms with Gasteiger partial charge in [0.05, 0.1) is 0 Å². The first-order chi connectivity index (χ1) is 5.34. The highest BCUT2D eigenvalue weighted by Crippen LogP contribution is 2.20. The van der Waals surface area contributed by atoms with Crippen molar-refractivity contribution in [3.05, 3.63) is 30.3 Å². The van der Waals surface area contributed by atoms with Gasteiger partial charge < -0.3 is 0 Å². The van der Waals surface area contributed by atoms with Gasteiger partial charge in [0.2, 0.25) is 0 Å². The predicted molar refractivity (Wildman–Crippen MR) is 52.5 cm³/mol. The van der Waals surface area contributed by atoms with Gasteiger partial charge in [-0.1, -0.05) is 18.2 Å². The second-order valence-electron chi connectivity index (χ2n) is 1.98. The maximum absolute atomic E-state index is 4.60. The van der Waals surface area contributed by atoms with Crippen LogP contribution in [0.15, 0.2) is 30.3 Å². The fraction of sp³-hybridized carbons (Fsp3) is 0.143. The van der Waals surface area contributed by atoms with Crippen molar-refractivity contribution in [2.24, 2.45) is 0 Å². The third-order valence-corrected chi connectivity index (χ3v) is 1.97. The van der Waals surface area contributed by atoms with E-state index < -0.39 is 0 Å². The zero-order valence-corrected chi connectivity index (χ0v) is 7.81. The Morgan fingerprint density at radius 1 is 1.36 bits per heavy atom. The van der Waals surface area contributed by atoms with Gasteiger partial charge in [-0.2, -0.15) is 0 Å². The van der Waals surface area contributed by atoms with Gasteiger partial charge in [-0.3, -0.25) is 4.31 Å². The molecule has 0 heterocycles. The molecular formula is C7H9NOS2. The highest BCUT2D eigenvalue weighted by molar-refractivity contribution is 8.02. The van der Waals surface area contributed by atoms with Gasteiger partial charge in [-0.25, -0.2) is 3.63 Å². The zero-order chi connectivity index (χ0) is 8.10. The lowest BCUT2D eigenvalue weighted by Crippen LogP contribution is -2.04. The first-order valence-electron chi connectivity index (χ1n) is 3.11. The maximum Gasteiger partial charge on any atom is 0.126 e. The number of anilines is 1. The Morgan fingerprint density at radius 2 is 2.00 bits per heavy atom. The fourth-order valence-electron chi connectivity index (χ4n) is 0.731. The van der Waals surface area contributed by atoms with Crippen molar-refractivity contribution in [1.29, 1.82) is 0 Å². The minimum absolute atomic E-state index is 1.09. The van der Waals surface area contributed by atoms with E-state index in [9.17, 15) is 0 Å². The second kappa shape index (κ2) is 4.54. The summed E-state index contributed by atoms with van der Waals surface area (Å²) in [5.74, 6) is 0. The Hall–Kier alpha value is -0.320. The summed E-state index contributed by atoms with van der Waals surface area (Å²) < 4.78 is 6.48. The van der Waals surface area contributed by atoms with Crippen LogP contribution in [0.25, 0.3) is 0 Å². The quantitative estimate of drug-likeness (QED) is 0.444. The molecule has 0 fully saturated rings. The normalized spacial score (nSPS) is 9.64. The van der Waals surface area contributed by atoms with E-state index >= 15 is 0 Å². The van der Waals surface area contributed by atoms with E-state index in [-0.39, 0.29) is 0 Å². The molecule has 0 spiro atoms. The van der Waals surface area contributed by atoms with E-state index in [2.05, 4.69) is 16.5 Å². The van der Waals surface area contributed by atoms with E-state index in [4.69, 9.17) is 0 Å². The predicted octanol–water partition coefficient (Wildman–Crippen LogP) is 2.55. The van der Waals surface area contributed by atoms with Gasteiger partial charge in [-0.15, -0.1) is 0 Å². The average molecular weight is 187 g/mol. The molecule has 0 saturated heterocycles. The first-order valence-corrected chi connectivity index (χ1v) is 4.18. The molecule has 0 aliphatic carbocycles. The molecule has 0 bridgehead atoms. The van der Waals surface area contributed by atoms with Crippen LogP contribution in [0, 0.1) is 0 Å². The van der Waals surface area contributed by atoms with Crippen molar-refractivity contribution in [3.63, 3.8) is 0 Å². The number of benzene rings is 1. The largest absolute Gasteiger partial charge is 0.295 e. The number of nitrogens with zero attached hydrogens (tertiary/aromatic N) is 1. The number of hydrogen-bond acceptors (Lipinski definition) is 4. The summed E-state index contributed by atoms with van der Waals surface area (Å²) in [5.41, 5.74) is 1.09. The molecule has 0 aliphatic heterocycles. The van der Waals surface area contributed by atoms with Crippen LogP contribution in [0.1, 0.15) is 0 Å². The molecule has 1 aromatic rings. The molecule has 1 aromatic carbocycles. The van der Waals surface area contributed by atoms with E-state index in [0.717, 1.165) is 5.69 Å². The summed E-state index contributed by atoms with van der Waals surface area (Å²) in [6.45, 7) is 0. The minimum atomic E-state index is 1.09. The molecule has 0 saturated carbocycles. The monoisotopic (exact) mass is 187 g/mol. The third-order valence-electron chi connectivity index (χ3n) is 1.26. The lowest BCUT2D eigenvalue weighted by molar-refractivity contribution is 0.771. The Kier molecular flexibility index (Phi) is 3.62. The van der Waals surface area contributed by atoms with Gasteiger partial charge in [0.25, 0.3) is 0 Å². The highest BCUT2D eigenvalue weighted by atomic mass is 32.2. The highest BCUT2D eigenvalue weighted by Gasteiger charge is 1.98. The maximum atomic E-state index is 4.60. The van der Waals surface area contributed by atoms with Crippen LogP contribution in [0.5, 0.6) is 0 Å². The van der Waals surface area contributed by atoms with Gasteiger partial charge in [0.1, 0.15) is 12.2 Å². The summed E-state index contributed by atoms with van der Waals surface area (Å²) in [6, 6.07) is 9.93. The molecule has 0 N–H and O–H groups in total. The topological polar surface area (TPSA) is 12.5 Å². The van der Waals surface area contributed by atoms with Gasteiger partial charge in [-0.05, 0) is 25.0 Å². The Labute approximate surface area is 76.5 Å². The molecule has 0 radical (unpaired) electrons. The summed E-state index contributed by atoms with van der Waals surface area (Å²) in [6.07, 6.45) is 0. The molecule has 2 nitrogen and oxygen atoms in total. The molecule has 60 valence electrons. The van der Waals surface area contributed by atoms with E-state index in [0.29, 0.717) is 0 Å². The molecular weight excluding hydrogens is 178 g/mol. The molecule has 4 heteroatoms. The Bertz CT molecular complexity index is 205. The van der Waals surface area contributed by atoms with Crippen LogP contribution in [-0.2, 0) is 3.63 Å². The van der Waals surface area contributed by atoms with Crippen molar-refractivity contribution in [3.8, 4) is 0 Å². The van der Waals surface area contributed by atoms with Crippen molar-refractivity contribution in [2.45, 2.75) is 0 Å². The van der Waals surface area contributed by atoms with Gasteiger partial charge >= 0.3 is 0 Å². The summed E-state index contributed by atoms with van der Waals surface area (Å²) in [7, 11) is 1.91. The van der Waals surface area contributed by atoms with Crippen molar-refractivity contribution in [2.75, 3.05) is 11.4 Å². The Morgan fingerprint density at radius 3 is 2.55 bits per heavy atom. The lowest BCUT2D eigenvalue weighted by atomic mass is 10.3. The van der Waals surface area contributed by atoms with Crippen LogP contribution in [0.2, 0.25) is 0 Å². The molecule has 0 aliphatic rings. The van der Waals surface area contributed by atoms with Crippen LogP contribution in [-0.4, -0.2) is 7.05 Å². The fourth-order valence-corrected chi connectivity index (χ4v) is 1.34. The lowest BCUT2D eigenvalue weighted by Gasteiger charge is -2.13. The van der Waals surface area contributed by atoms with Crippen molar-refractivity contribution in [1.82, 2.24) is 0 Å². The van der Waals surface area contributed by atoms with Gasteiger partial charge in [0.15, 0.2) is 0 Å². The standard InChI is InChI=1S/C7H9NOS2/c1-8(11-9-10)7-5-3-2-4-6-7/h2-6,10H,1H3. The smallest absolute Gasteiger partial charge is 0.126 e. The summed E-state index contributed by atoms with van der Waals surface area (Å²) >= 11 is 4.81. The minimum Gasteiger partial charge on any atom is -0.295 e. The van der Waals surface area contributed by atoms with Crippen molar-refractivity contribution < 1.29 is 3.63 Å². The molecule has 0 unspecified atom stereocenters.